The monoisotopic (exact) mass is 330 g/mol. The SMILES string of the molecule is Cc1c(N)cc(Br)cc1C(=O)N1CCc2ccccc21. The summed E-state index contributed by atoms with van der Waals surface area (Å²) in [5.74, 6) is 0.0143. The fraction of sp³-hybridized carbons (Fsp3) is 0.188. The molecule has 0 saturated heterocycles. The smallest absolute Gasteiger partial charge is 0.258 e. The molecular formula is C16H15BrN2O. The van der Waals surface area contributed by atoms with Gasteiger partial charge in [-0.3, -0.25) is 4.79 Å². The van der Waals surface area contributed by atoms with Crippen LogP contribution in [-0.2, 0) is 6.42 Å². The lowest BCUT2D eigenvalue weighted by molar-refractivity contribution is 0.0989. The van der Waals surface area contributed by atoms with Crippen molar-refractivity contribution in [2.75, 3.05) is 17.2 Å². The number of anilines is 2. The van der Waals surface area contributed by atoms with Crippen LogP contribution in [0.2, 0.25) is 0 Å². The Labute approximate surface area is 126 Å². The van der Waals surface area contributed by atoms with Crippen molar-refractivity contribution in [2.24, 2.45) is 0 Å². The molecule has 2 aromatic carbocycles. The minimum absolute atomic E-state index is 0.0143. The van der Waals surface area contributed by atoms with Crippen molar-refractivity contribution in [3.8, 4) is 0 Å². The molecule has 0 bridgehead atoms. The number of nitrogens with zero attached hydrogens (tertiary/aromatic N) is 1. The summed E-state index contributed by atoms with van der Waals surface area (Å²) >= 11 is 3.41. The molecule has 0 aliphatic carbocycles. The number of hydrogen-bond donors (Lipinski definition) is 1. The summed E-state index contributed by atoms with van der Waals surface area (Å²) in [6, 6.07) is 11.7. The lowest BCUT2D eigenvalue weighted by atomic mass is 10.1. The maximum absolute atomic E-state index is 12.8. The fourth-order valence-electron chi connectivity index (χ4n) is 2.62. The molecule has 4 heteroatoms. The van der Waals surface area contributed by atoms with E-state index in [9.17, 15) is 4.79 Å². The highest BCUT2D eigenvalue weighted by molar-refractivity contribution is 9.10. The van der Waals surface area contributed by atoms with Crippen molar-refractivity contribution < 1.29 is 4.79 Å². The Balaban J connectivity index is 2.03. The molecule has 3 nitrogen and oxygen atoms in total. The molecule has 1 amide bonds. The Hall–Kier alpha value is -1.81. The van der Waals surface area contributed by atoms with Crippen LogP contribution in [0.5, 0.6) is 0 Å². The molecule has 0 aromatic heterocycles. The first-order valence-electron chi connectivity index (χ1n) is 6.53. The van der Waals surface area contributed by atoms with Gasteiger partial charge in [-0.15, -0.1) is 0 Å². The second kappa shape index (κ2) is 4.94. The van der Waals surface area contributed by atoms with E-state index in [-0.39, 0.29) is 5.91 Å². The van der Waals surface area contributed by atoms with Gasteiger partial charge in [-0.2, -0.15) is 0 Å². The first-order valence-corrected chi connectivity index (χ1v) is 7.32. The highest BCUT2D eigenvalue weighted by atomic mass is 79.9. The number of halogens is 1. The molecule has 2 aromatic rings. The number of benzene rings is 2. The highest BCUT2D eigenvalue weighted by Crippen LogP contribution is 2.31. The molecule has 3 rings (SSSR count). The molecular weight excluding hydrogens is 316 g/mol. The minimum atomic E-state index is 0.0143. The highest BCUT2D eigenvalue weighted by Gasteiger charge is 2.26. The van der Waals surface area contributed by atoms with Crippen LogP contribution >= 0.6 is 15.9 Å². The Bertz CT molecular complexity index is 697. The van der Waals surface area contributed by atoms with Crippen molar-refractivity contribution in [3.05, 3.63) is 57.6 Å². The first-order chi connectivity index (χ1) is 9.58. The minimum Gasteiger partial charge on any atom is -0.398 e. The Morgan fingerprint density at radius 1 is 1.30 bits per heavy atom. The maximum Gasteiger partial charge on any atom is 0.258 e. The van der Waals surface area contributed by atoms with Gasteiger partial charge in [0.2, 0.25) is 0 Å². The standard InChI is InChI=1S/C16H15BrN2O/c1-10-13(8-12(17)9-14(10)18)16(20)19-7-6-11-4-2-3-5-15(11)19/h2-5,8-9H,6-7,18H2,1H3. The van der Waals surface area contributed by atoms with Crippen LogP contribution in [0.1, 0.15) is 21.5 Å². The zero-order valence-corrected chi connectivity index (χ0v) is 12.8. The number of para-hydroxylation sites is 1. The van der Waals surface area contributed by atoms with E-state index in [1.54, 1.807) is 0 Å². The second-order valence-corrected chi connectivity index (χ2v) is 5.92. The van der Waals surface area contributed by atoms with Crippen molar-refractivity contribution in [1.82, 2.24) is 0 Å². The fourth-order valence-corrected chi connectivity index (χ4v) is 3.09. The van der Waals surface area contributed by atoms with Crippen molar-refractivity contribution in [3.63, 3.8) is 0 Å². The van der Waals surface area contributed by atoms with Crippen molar-refractivity contribution in [2.45, 2.75) is 13.3 Å². The van der Waals surface area contributed by atoms with Gasteiger partial charge in [-0.1, -0.05) is 34.1 Å². The maximum atomic E-state index is 12.8. The zero-order valence-electron chi connectivity index (χ0n) is 11.2. The van der Waals surface area contributed by atoms with Crippen LogP contribution in [0.4, 0.5) is 11.4 Å². The lowest BCUT2D eigenvalue weighted by Crippen LogP contribution is -2.29. The number of nitrogen functional groups attached to an aromatic ring is 1. The average molecular weight is 331 g/mol. The molecule has 2 N–H and O–H groups in total. The summed E-state index contributed by atoms with van der Waals surface area (Å²) in [6.07, 6.45) is 0.907. The summed E-state index contributed by atoms with van der Waals surface area (Å²) in [5, 5.41) is 0. The van der Waals surface area contributed by atoms with E-state index in [0.29, 0.717) is 11.3 Å². The molecule has 0 unspecified atom stereocenters. The van der Waals surface area contributed by atoms with E-state index in [0.717, 1.165) is 28.7 Å². The van der Waals surface area contributed by atoms with E-state index in [2.05, 4.69) is 22.0 Å². The number of carbonyl (C=O) groups is 1. The molecule has 0 spiro atoms. The summed E-state index contributed by atoms with van der Waals surface area (Å²) in [4.78, 5) is 14.6. The first kappa shape index (κ1) is 13.2. The summed E-state index contributed by atoms with van der Waals surface area (Å²) in [7, 11) is 0. The van der Waals surface area contributed by atoms with Crippen LogP contribution in [0.25, 0.3) is 0 Å². The average Bonchev–Trinajstić information content (AvgIpc) is 2.86. The molecule has 1 aliphatic heterocycles. The topological polar surface area (TPSA) is 46.3 Å². The number of rotatable bonds is 1. The van der Waals surface area contributed by atoms with Crippen LogP contribution < -0.4 is 10.6 Å². The molecule has 0 fully saturated rings. The Kier molecular flexibility index (Phi) is 3.26. The summed E-state index contributed by atoms with van der Waals surface area (Å²) in [6.45, 7) is 2.61. The van der Waals surface area contributed by atoms with Crippen molar-refractivity contribution in [1.29, 1.82) is 0 Å². The van der Waals surface area contributed by atoms with Crippen molar-refractivity contribution >= 4 is 33.2 Å². The van der Waals surface area contributed by atoms with Gasteiger partial charge in [0.15, 0.2) is 0 Å². The molecule has 1 heterocycles. The molecule has 102 valence electrons. The molecule has 20 heavy (non-hydrogen) atoms. The molecule has 0 radical (unpaired) electrons. The predicted octanol–water partition coefficient (Wildman–Crippen LogP) is 3.54. The lowest BCUT2D eigenvalue weighted by Gasteiger charge is -2.19. The third-order valence-corrected chi connectivity index (χ3v) is 4.23. The molecule has 0 atom stereocenters. The number of fused-ring (bicyclic) bond motifs is 1. The quantitative estimate of drug-likeness (QED) is 0.813. The Morgan fingerprint density at radius 2 is 2.05 bits per heavy atom. The van der Waals surface area contributed by atoms with Crippen LogP contribution in [-0.4, -0.2) is 12.5 Å². The molecule has 0 saturated carbocycles. The van der Waals surface area contributed by atoms with Crippen LogP contribution in [0.3, 0.4) is 0 Å². The van der Waals surface area contributed by atoms with Gasteiger partial charge in [0.1, 0.15) is 0 Å². The van der Waals surface area contributed by atoms with Gasteiger partial charge < -0.3 is 10.6 Å². The van der Waals surface area contributed by atoms with E-state index in [1.165, 1.54) is 5.56 Å². The number of carbonyl (C=O) groups excluding carboxylic acids is 1. The number of amides is 1. The van der Waals surface area contributed by atoms with Crippen LogP contribution in [0.15, 0.2) is 40.9 Å². The largest absolute Gasteiger partial charge is 0.398 e. The molecule has 1 aliphatic rings. The summed E-state index contributed by atoms with van der Waals surface area (Å²) < 4.78 is 0.830. The number of nitrogens with two attached hydrogens (primary N) is 1. The van der Waals surface area contributed by atoms with Gasteiger partial charge in [0.25, 0.3) is 5.91 Å². The van der Waals surface area contributed by atoms with Gasteiger partial charge in [0.05, 0.1) is 0 Å². The Morgan fingerprint density at radius 3 is 2.85 bits per heavy atom. The van der Waals surface area contributed by atoms with E-state index in [1.807, 2.05) is 42.2 Å². The normalized spacial score (nSPS) is 13.4. The van der Waals surface area contributed by atoms with Gasteiger partial charge >= 0.3 is 0 Å². The van der Waals surface area contributed by atoms with Gasteiger partial charge in [-0.25, -0.2) is 0 Å². The van der Waals surface area contributed by atoms with E-state index in [4.69, 9.17) is 5.73 Å². The van der Waals surface area contributed by atoms with E-state index >= 15 is 0 Å². The second-order valence-electron chi connectivity index (χ2n) is 5.00. The van der Waals surface area contributed by atoms with Gasteiger partial charge in [-0.05, 0) is 42.7 Å². The third kappa shape index (κ3) is 2.10. The van der Waals surface area contributed by atoms with Crippen LogP contribution in [0, 0.1) is 6.92 Å². The van der Waals surface area contributed by atoms with Gasteiger partial charge in [0, 0.05) is 28.0 Å². The predicted molar refractivity (Wildman–Crippen MR) is 85.1 cm³/mol. The van der Waals surface area contributed by atoms with E-state index < -0.39 is 0 Å². The third-order valence-electron chi connectivity index (χ3n) is 3.78. The zero-order chi connectivity index (χ0) is 14.3. The summed E-state index contributed by atoms with van der Waals surface area (Å²) in [5.41, 5.74) is 10.3. The number of hydrogen-bond acceptors (Lipinski definition) is 2.